The Hall–Kier alpha value is -0.870. The van der Waals surface area contributed by atoms with Gasteiger partial charge in [0.25, 0.3) is 0 Å². The highest BCUT2D eigenvalue weighted by atomic mass is 32.1. The zero-order valence-corrected chi connectivity index (χ0v) is 12.8. The Kier molecular flexibility index (Phi) is 4.07. The number of nitrogens with zero attached hydrogens (tertiary/aromatic N) is 2. The number of nitrogens with one attached hydrogen (secondary N) is 1. The van der Waals surface area contributed by atoms with E-state index < -0.39 is 0 Å². The monoisotopic (exact) mass is 265 g/mol. The van der Waals surface area contributed by atoms with Gasteiger partial charge in [-0.2, -0.15) is 0 Å². The minimum atomic E-state index is 0.551. The highest BCUT2D eigenvalue weighted by molar-refractivity contribution is 7.17. The molecule has 0 saturated carbocycles. The molecule has 1 unspecified atom stereocenters. The molecular weight excluding hydrogens is 242 g/mol. The number of hydrogen-bond donors (Lipinski definition) is 1. The Morgan fingerprint density at radius 1 is 1.33 bits per heavy atom. The molecule has 1 atom stereocenters. The van der Waals surface area contributed by atoms with Gasteiger partial charge in [0.1, 0.15) is 0 Å². The van der Waals surface area contributed by atoms with Crippen LogP contribution in [-0.4, -0.2) is 15.4 Å². The lowest BCUT2D eigenvalue weighted by Gasteiger charge is -2.15. The maximum absolute atomic E-state index is 4.61. The molecule has 2 rings (SSSR count). The van der Waals surface area contributed by atoms with Gasteiger partial charge in [0.05, 0.1) is 11.4 Å². The summed E-state index contributed by atoms with van der Waals surface area (Å²) < 4.78 is 2.23. The van der Waals surface area contributed by atoms with Crippen LogP contribution < -0.4 is 5.32 Å². The van der Waals surface area contributed by atoms with Crippen molar-refractivity contribution < 1.29 is 0 Å². The lowest BCUT2D eigenvalue weighted by molar-refractivity contribution is 0.438. The van der Waals surface area contributed by atoms with E-state index in [1.165, 1.54) is 17.0 Å². The SMILES string of the molecule is Cc1cn2c(CNC(C)CC(C)C)c(C)nc2s1. The first-order chi connectivity index (χ1) is 8.47. The van der Waals surface area contributed by atoms with Crippen molar-refractivity contribution >= 4 is 16.3 Å². The lowest BCUT2D eigenvalue weighted by Crippen LogP contribution is -2.27. The molecule has 0 aliphatic heterocycles. The maximum Gasteiger partial charge on any atom is 0.194 e. The van der Waals surface area contributed by atoms with Crippen molar-refractivity contribution in [1.82, 2.24) is 14.7 Å². The molecule has 0 aliphatic carbocycles. The fourth-order valence-electron chi connectivity index (χ4n) is 2.38. The predicted octanol–water partition coefficient (Wildman–Crippen LogP) is 3.54. The first kappa shape index (κ1) is 13.6. The van der Waals surface area contributed by atoms with Gasteiger partial charge in [0.2, 0.25) is 0 Å². The van der Waals surface area contributed by atoms with Crippen LogP contribution in [0.2, 0.25) is 0 Å². The molecule has 2 aromatic rings. The van der Waals surface area contributed by atoms with Gasteiger partial charge in [-0.15, -0.1) is 11.3 Å². The summed E-state index contributed by atoms with van der Waals surface area (Å²) in [4.78, 5) is 7.04. The van der Waals surface area contributed by atoms with Gasteiger partial charge >= 0.3 is 0 Å². The summed E-state index contributed by atoms with van der Waals surface area (Å²) in [6.45, 7) is 11.9. The molecule has 4 heteroatoms. The highest BCUT2D eigenvalue weighted by Gasteiger charge is 2.12. The average molecular weight is 265 g/mol. The number of fused-ring (bicyclic) bond motifs is 1. The van der Waals surface area contributed by atoms with Crippen molar-refractivity contribution in [3.63, 3.8) is 0 Å². The number of thiazole rings is 1. The quantitative estimate of drug-likeness (QED) is 0.896. The van der Waals surface area contributed by atoms with E-state index in [-0.39, 0.29) is 0 Å². The predicted molar refractivity (Wildman–Crippen MR) is 78.3 cm³/mol. The Morgan fingerprint density at radius 2 is 2.06 bits per heavy atom. The van der Waals surface area contributed by atoms with Crippen LogP contribution in [-0.2, 0) is 6.54 Å². The fraction of sp³-hybridized carbons (Fsp3) is 0.643. The van der Waals surface area contributed by atoms with Gasteiger partial charge in [-0.25, -0.2) is 4.98 Å². The van der Waals surface area contributed by atoms with Gasteiger partial charge < -0.3 is 5.32 Å². The van der Waals surface area contributed by atoms with Gasteiger partial charge in [0, 0.05) is 23.7 Å². The third-order valence-electron chi connectivity index (χ3n) is 3.18. The summed E-state index contributed by atoms with van der Waals surface area (Å²) in [5, 5.41) is 3.60. The van der Waals surface area contributed by atoms with Crippen molar-refractivity contribution in [2.24, 2.45) is 5.92 Å². The molecule has 1 N–H and O–H groups in total. The van der Waals surface area contributed by atoms with Crippen LogP contribution >= 0.6 is 11.3 Å². The van der Waals surface area contributed by atoms with E-state index in [1.807, 2.05) is 0 Å². The molecule has 3 nitrogen and oxygen atoms in total. The Morgan fingerprint density at radius 3 is 2.72 bits per heavy atom. The number of aryl methyl sites for hydroxylation is 2. The number of aromatic nitrogens is 2. The normalized spacial score (nSPS) is 13.7. The van der Waals surface area contributed by atoms with Crippen molar-refractivity contribution in [3.8, 4) is 0 Å². The summed E-state index contributed by atoms with van der Waals surface area (Å²) in [7, 11) is 0. The molecule has 0 bridgehead atoms. The molecule has 0 amide bonds. The molecule has 18 heavy (non-hydrogen) atoms. The van der Waals surface area contributed by atoms with Crippen molar-refractivity contribution in [2.75, 3.05) is 0 Å². The summed E-state index contributed by atoms with van der Waals surface area (Å²) in [5.74, 6) is 0.738. The Bertz CT molecular complexity index is 524. The maximum atomic E-state index is 4.61. The minimum absolute atomic E-state index is 0.551. The van der Waals surface area contributed by atoms with Crippen molar-refractivity contribution in [1.29, 1.82) is 0 Å². The van der Waals surface area contributed by atoms with Crippen LogP contribution in [0.25, 0.3) is 4.96 Å². The van der Waals surface area contributed by atoms with Gasteiger partial charge in [0.15, 0.2) is 4.96 Å². The van der Waals surface area contributed by atoms with Crippen LogP contribution in [0.1, 0.15) is 43.5 Å². The molecule has 2 heterocycles. The molecule has 0 aromatic carbocycles. The second-order valence-electron chi connectivity index (χ2n) is 5.55. The smallest absolute Gasteiger partial charge is 0.194 e. The van der Waals surface area contributed by atoms with Crippen LogP contribution in [0.4, 0.5) is 0 Å². The molecule has 0 aliphatic rings. The van der Waals surface area contributed by atoms with Gasteiger partial charge in [-0.05, 0) is 33.1 Å². The van der Waals surface area contributed by atoms with E-state index >= 15 is 0 Å². The van der Waals surface area contributed by atoms with E-state index in [9.17, 15) is 0 Å². The fourth-order valence-corrected chi connectivity index (χ4v) is 3.27. The van der Waals surface area contributed by atoms with Gasteiger partial charge in [-0.1, -0.05) is 13.8 Å². The first-order valence-electron chi connectivity index (χ1n) is 6.64. The number of imidazole rings is 1. The van der Waals surface area contributed by atoms with Gasteiger partial charge in [-0.3, -0.25) is 4.40 Å². The average Bonchev–Trinajstić information content (AvgIpc) is 2.70. The van der Waals surface area contributed by atoms with E-state index in [0.29, 0.717) is 6.04 Å². The van der Waals surface area contributed by atoms with Crippen LogP contribution in [0.3, 0.4) is 0 Å². The zero-order valence-electron chi connectivity index (χ0n) is 11.9. The van der Waals surface area contributed by atoms with E-state index in [1.54, 1.807) is 11.3 Å². The van der Waals surface area contributed by atoms with Crippen LogP contribution in [0, 0.1) is 19.8 Å². The standard InChI is InChI=1S/C14H23N3S/c1-9(2)6-10(3)15-7-13-12(5)16-14-17(13)8-11(4)18-14/h8-10,15H,6-7H2,1-5H3. The van der Waals surface area contributed by atoms with E-state index in [0.717, 1.165) is 23.1 Å². The van der Waals surface area contributed by atoms with Crippen molar-refractivity contribution in [2.45, 2.75) is 53.6 Å². The molecule has 0 saturated heterocycles. The second kappa shape index (κ2) is 5.41. The summed E-state index contributed by atoms with van der Waals surface area (Å²) in [6.07, 6.45) is 3.40. The third kappa shape index (κ3) is 2.93. The summed E-state index contributed by atoms with van der Waals surface area (Å²) in [6, 6.07) is 0.551. The summed E-state index contributed by atoms with van der Waals surface area (Å²) >= 11 is 1.76. The van der Waals surface area contributed by atoms with E-state index in [4.69, 9.17) is 0 Å². The van der Waals surface area contributed by atoms with Crippen LogP contribution in [0.5, 0.6) is 0 Å². The van der Waals surface area contributed by atoms with Crippen LogP contribution in [0.15, 0.2) is 6.20 Å². The van der Waals surface area contributed by atoms with Crippen molar-refractivity contribution in [3.05, 3.63) is 22.5 Å². The zero-order chi connectivity index (χ0) is 13.3. The minimum Gasteiger partial charge on any atom is -0.309 e. The molecule has 0 radical (unpaired) electrons. The molecular formula is C14H23N3S. The number of rotatable bonds is 5. The molecule has 100 valence electrons. The topological polar surface area (TPSA) is 29.3 Å². The Balaban J connectivity index is 2.08. The number of hydrogen-bond acceptors (Lipinski definition) is 3. The first-order valence-corrected chi connectivity index (χ1v) is 7.46. The second-order valence-corrected chi connectivity index (χ2v) is 6.76. The molecule has 0 fully saturated rings. The lowest BCUT2D eigenvalue weighted by atomic mass is 10.1. The molecule has 2 aromatic heterocycles. The highest BCUT2D eigenvalue weighted by Crippen LogP contribution is 2.20. The van der Waals surface area contributed by atoms with E-state index in [2.05, 4.69) is 55.5 Å². The Labute approximate surface area is 113 Å². The molecule has 0 spiro atoms. The largest absolute Gasteiger partial charge is 0.309 e. The summed E-state index contributed by atoms with van der Waals surface area (Å²) in [5.41, 5.74) is 2.44. The third-order valence-corrected chi connectivity index (χ3v) is 4.08.